The van der Waals surface area contributed by atoms with Gasteiger partial charge in [-0.2, -0.15) is 0 Å². The van der Waals surface area contributed by atoms with Gasteiger partial charge >= 0.3 is 0 Å². The number of fused-ring (bicyclic) bond motifs is 1. The number of furan rings is 1. The van der Waals surface area contributed by atoms with Gasteiger partial charge in [0.1, 0.15) is 11.7 Å². The highest BCUT2D eigenvalue weighted by atomic mass is 16.3. The highest BCUT2D eigenvalue weighted by Gasteiger charge is 2.17. The molecule has 0 saturated carbocycles. The van der Waals surface area contributed by atoms with Gasteiger partial charge in [0.2, 0.25) is 0 Å². The van der Waals surface area contributed by atoms with Gasteiger partial charge in [0, 0.05) is 10.9 Å². The number of aryl methyl sites for hydroxylation is 2. The van der Waals surface area contributed by atoms with Crippen LogP contribution in [0.25, 0.3) is 11.0 Å². The van der Waals surface area contributed by atoms with Crippen LogP contribution in [0, 0.1) is 13.8 Å². The average Bonchev–Trinajstić information content (AvgIpc) is 2.84. The van der Waals surface area contributed by atoms with Crippen LogP contribution in [0.5, 0.6) is 0 Å². The molecule has 3 aromatic rings. The molecule has 1 atom stereocenters. The molecule has 2 nitrogen and oxygen atoms in total. The van der Waals surface area contributed by atoms with Gasteiger partial charge in [0.25, 0.3) is 0 Å². The molecule has 1 heterocycles. The van der Waals surface area contributed by atoms with Crippen LogP contribution >= 0.6 is 0 Å². The summed E-state index contributed by atoms with van der Waals surface area (Å²) in [6.45, 7) is 4.05. The maximum Gasteiger partial charge on any atom is 0.134 e. The molecule has 96 valence electrons. The van der Waals surface area contributed by atoms with Crippen LogP contribution in [0.2, 0.25) is 0 Å². The number of benzene rings is 2. The lowest BCUT2D eigenvalue weighted by atomic mass is 9.95. The fourth-order valence-corrected chi connectivity index (χ4v) is 2.43. The zero-order valence-electron chi connectivity index (χ0n) is 11.1. The van der Waals surface area contributed by atoms with Gasteiger partial charge in [-0.3, -0.25) is 0 Å². The molecule has 1 unspecified atom stereocenters. The predicted octanol–water partition coefficient (Wildman–Crippen LogP) is 4.13. The molecule has 0 bridgehead atoms. The highest BCUT2D eigenvalue weighted by Crippen LogP contribution is 2.32. The summed E-state index contributed by atoms with van der Waals surface area (Å²) in [6.07, 6.45) is 1.00. The quantitative estimate of drug-likeness (QED) is 0.744. The van der Waals surface area contributed by atoms with Crippen molar-refractivity contribution in [1.29, 1.82) is 0 Å². The van der Waals surface area contributed by atoms with Crippen molar-refractivity contribution in [3.05, 3.63) is 71.0 Å². The van der Waals surface area contributed by atoms with Crippen molar-refractivity contribution >= 4 is 11.0 Å². The van der Waals surface area contributed by atoms with Crippen molar-refractivity contribution in [1.82, 2.24) is 0 Å². The number of rotatable bonds is 2. The Labute approximate surface area is 112 Å². The maximum atomic E-state index is 10.6. The minimum atomic E-state index is -0.649. The van der Waals surface area contributed by atoms with E-state index in [-0.39, 0.29) is 0 Å². The Balaban J connectivity index is 2.13. The lowest BCUT2D eigenvalue weighted by molar-refractivity contribution is 0.219. The second-order valence-corrected chi connectivity index (χ2v) is 4.95. The molecule has 0 aliphatic carbocycles. The Morgan fingerprint density at radius 3 is 2.63 bits per heavy atom. The molecule has 0 aliphatic rings. The van der Waals surface area contributed by atoms with E-state index in [1.807, 2.05) is 50.2 Å². The summed E-state index contributed by atoms with van der Waals surface area (Å²) in [7, 11) is 0. The normalized spacial score (nSPS) is 12.8. The van der Waals surface area contributed by atoms with Crippen LogP contribution in [0.3, 0.4) is 0 Å². The van der Waals surface area contributed by atoms with E-state index in [2.05, 4.69) is 6.07 Å². The fourth-order valence-electron chi connectivity index (χ4n) is 2.43. The third kappa shape index (κ3) is 2.04. The van der Waals surface area contributed by atoms with Crippen molar-refractivity contribution in [2.75, 3.05) is 0 Å². The standard InChI is InChI=1S/C17H16O2/c1-11-7-8-12(2)14(9-11)17(18)15-10-19-16-6-4-3-5-13(15)16/h3-10,17-18H,1-2H3. The zero-order chi connectivity index (χ0) is 13.4. The molecule has 0 spiro atoms. The summed E-state index contributed by atoms with van der Waals surface area (Å²) >= 11 is 0. The van der Waals surface area contributed by atoms with Crippen molar-refractivity contribution in [3.63, 3.8) is 0 Å². The third-order valence-electron chi connectivity index (χ3n) is 3.53. The summed E-state index contributed by atoms with van der Waals surface area (Å²) in [4.78, 5) is 0. The second kappa shape index (κ2) is 4.56. The van der Waals surface area contributed by atoms with E-state index in [0.717, 1.165) is 33.2 Å². The average molecular weight is 252 g/mol. The lowest BCUT2D eigenvalue weighted by Crippen LogP contribution is -2.01. The van der Waals surface area contributed by atoms with E-state index in [0.29, 0.717) is 0 Å². The molecular weight excluding hydrogens is 236 g/mol. The number of aliphatic hydroxyl groups is 1. The van der Waals surface area contributed by atoms with Gasteiger partial charge in [-0.1, -0.05) is 42.0 Å². The van der Waals surface area contributed by atoms with Gasteiger partial charge < -0.3 is 9.52 Å². The summed E-state index contributed by atoms with van der Waals surface area (Å²) in [5, 5.41) is 11.6. The molecule has 0 radical (unpaired) electrons. The van der Waals surface area contributed by atoms with Crippen LogP contribution in [-0.4, -0.2) is 5.11 Å². The van der Waals surface area contributed by atoms with E-state index in [1.54, 1.807) is 6.26 Å². The van der Waals surface area contributed by atoms with Crippen molar-refractivity contribution in [2.45, 2.75) is 20.0 Å². The van der Waals surface area contributed by atoms with E-state index in [9.17, 15) is 5.11 Å². The smallest absolute Gasteiger partial charge is 0.134 e. The Morgan fingerprint density at radius 2 is 1.79 bits per heavy atom. The van der Waals surface area contributed by atoms with E-state index in [1.165, 1.54) is 0 Å². The molecule has 2 heteroatoms. The van der Waals surface area contributed by atoms with Crippen LogP contribution in [0.1, 0.15) is 28.4 Å². The zero-order valence-corrected chi connectivity index (χ0v) is 11.1. The van der Waals surface area contributed by atoms with Gasteiger partial charge in [0.05, 0.1) is 6.26 Å². The molecule has 1 N–H and O–H groups in total. The number of aliphatic hydroxyl groups excluding tert-OH is 1. The highest BCUT2D eigenvalue weighted by molar-refractivity contribution is 5.81. The Kier molecular flexibility index (Phi) is 2.88. The monoisotopic (exact) mass is 252 g/mol. The van der Waals surface area contributed by atoms with E-state index < -0.39 is 6.10 Å². The number of hydrogen-bond donors (Lipinski definition) is 1. The summed E-state index contributed by atoms with van der Waals surface area (Å²) in [6, 6.07) is 13.9. The number of hydrogen-bond acceptors (Lipinski definition) is 2. The summed E-state index contributed by atoms with van der Waals surface area (Å²) in [5.74, 6) is 0. The van der Waals surface area contributed by atoms with Crippen molar-refractivity contribution < 1.29 is 9.52 Å². The number of para-hydroxylation sites is 1. The van der Waals surface area contributed by atoms with Gasteiger partial charge in [-0.15, -0.1) is 0 Å². The molecular formula is C17H16O2. The SMILES string of the molecule is Cc1ccc(C)c(C(O)c2coc3ccccc23)c1. The Bertz CT molecular complexity index is 725. The van der Waals surface area contributed by atoms with E-state index >= 15 is 0 Å². The summed E-state index contributed by atoms with van der Waals surface area (Å²) in [5.41, 5.74) is 4.80. The summed E-state index contributed by atoms with van der Waals surface area (Å²) < 4.78 is 5.50. The van der Waals surface area contributed by atoms with Crippen LogP contribution in [-0.2, 0) is 0 Å². The maximum absolute atomic E-state index is 10.6. The Hall–Kier alpha value is -2.06. The lowest BCUT2D eigenvalue weighted by Gasteiger charge is -2.13. The predicted molar refractivity (Wildman–Crippen MR) is 76.2 cm³/mol. The molecule has 0 saturated heterocycles. The largest absolute Gasteiger partial charge is 0.464 e. The van der Waals surface area contributed by atoms with Crippen LogP contribution in [0.4, 0.5) is 0 Å². The first-order chi connectivity index (χ1) is 9.16. The minimum absolute atomic E-state index is 0.649. The topological polar surface area (TPSA) is 33.4 Å². The molecule has 2 aromatic carbocycles. The molecule has 19 heavy (non-hydrogen) atoms. The fraction of sp³-hybridized carbons (Fsp3) is 0.176. The first kappa shape index (κ1) is 12.0. The molecule has 0 aliphatic heterocycles. The van der Waals surface area contributed by atoms with Crippen molar-refractivity contribution in [3.8, 4) is 0 Å². The first-order valence-corrected chi connectivity index (χ1v) is 6.38. The molecule has 0 fully saturated rings. The Morgan fingerprint density at radius 1 is 1.00 bits per heavy atom. The molecule has 1 aromatic heterocycles. The van der Waals surface area contributed by atoms with Crippen LogP contribution < -0.4 is 0 Å². The third-order valence-corrected chi connectivity index (χ3v) is 3.53. The van der Waals surface area contributed by atoms with Gasteiger partial charge in [0.15, 0.2) is 0 Å². The first-order valence-electron chi connectivity index (χ1n) is 6.38. The van der Waals surface area contributed by atoms with Gasteiger partial charge in [-0.25, -0.2) is 0 Å². The molecule has 0 amide bonds. The van der Waals surface area contributed by atoms with Crippen LogP contribution in [0.15, 0.2) is 53.1 Å². The molecule has 3 rings (SSSR count). The van der Waals surface area contributed by atoms with Gasteiger partial charge in [-0.05, 0) is 31.0 Å². The van der Waals surface area contributed by atoms with E-state index in [4.69, 9.17) is 4.42 Å². The minimum Gasteiger partial charge on any atom is -0.464 e. The second-order valence-electron chi connectivity index (χ2n) is 4.95. The van der Waals surface area contributed by atoms with Crippen molar-refractivity contribution in [2.24, 2.45) is 0 Å².